The van der Waals surface area contributed by atoms with E-state index in [2.05, 4.69) is 0 Å². The van der Waals surface area contributed by atoms with E-state index in [0.29, 0.717) is 0 Å². The molecule has 0 heterocycles. The summed E-state index contributed by atoms with van der Waals surface area (Å²) in [5, 5.41) is 0. The summed E-state index contributed by atoms with van der Waals surface area (Å²) in [6.45, 7) is 5.81. The standard InChI is InChI=1S/C8H18O4S2.N3/c1-5-8(4,13(9,10)6-2)14(11,12)7-3;1-3-2/h5-7H2,1-4H3;/q;-1. The van der Waals surface area contributed by atoms with Gasteiger partial charge in [-0.3, -0.25) is 4.91 Å². The third-order valence-corrected chi connectivity index (χ3v) is 8.97. The highest BCUT2D eigenvalue weighted by atomic mass is 32.3. The van der Waals surface area contributed by atoms with Crippen LogP contribution in [0.3, 0.4) is 0 Å². The molecular formula is C8H18N3O4S2-. The van der Waals surface area contributed by atoms with Crippen molar-refractivity contribution < 1.29 is 16.8 Å². The normalized spacial score (nSPS) is 12.2. The molecule has 7 nitrogen and oxygen atoms in total. The largest absolute Gasteiger partial charge is 0.373 e. The first-order chi connectivity index (χ1) is 7.60. The minimum Gasteiger partial charge on any atom is -0.373 e. The van der Waals surface area contributed by atoms with E-state index in [0.717, 1.165) is 0 Å². The summed E-state index contributed by atoms with van der Waals surface area (Å²) < 4.78 is 45.1. The molecular weight excluding hydrogens is 266 g/mol. The molecule has 0 aromatic carbocycles. The van der Waals surface area contributed by atoms with Gasteiger partial charge < -0.3 is 11.1 Å². The molecule has 0 bridgehead atoms. The first-order valence-electron chi connectivity index (χ1n) is 5.03. The summed E-state index contributed by atoms with van der Waals surface area (Å²) in [6.07, 6.45) is 0.0966. The molecule has 0 fully saturated rings. The number of hydrogen-bond acceptors (Lipinski definition) is 4. The van der Waals surface area contributed by atoms with E-state index < -0.39 is 23.8 Å². The van der Waals surface area contributed by atoms with E-state index in [1.165, 1.54) is 25.7 Å². The van der Waals surface area contributed by atoms with E-state index in [9.17, 15) is 16.8 Å². The molecule has 0 N–H and O–H groups in total. The van der Waals surface area contributed by atoms with Gasteiger partial charge in [-0.15, -0.1) is 0 Å². The summed E-state index contributed by atoms with van der Waals surface area (Å²) in [5.74, 6) is -0.285. The first kappa shape index (κ1) is 18.6. The lowest BCUT2D eigenvalue weighted by Gasteiger charge is -2.26. The Balaban J connectivity index is 0. The monoisotopic (exact) mass is 284 g/mol. The maximum Gasteiger partial charge on any atom is 0.170 e. The molecule has 0 rings (SSSR count). The molecule has 0 aromatic rings. The van der Waals surface area contributed by atoms with Crippen molar-refractivity contribution in [3.63, 3.8) is 0 Å². The second-order valence-electron chi connectivity index (χ2n) is 3.38. The molecule has 102 valence electrons. The minimum absolute atomic E-state index is 0.0966. The third kappa shape index (κ3) is 3.86. The molecule has 0 radical (unpaired) electrons. The summed E-state index contributed by atoms with van der Waals surface area (Å²) in [7, 11) is -7.14. The zero-order chi connectivity index (χ0) is 14.3. The van der Waals surface area contributed by atoms with Crippen LogP contribution in [0.25, 0.3) is 16.0 Å². The van der Waals surface area contributed by atoms with Gasteiger partial charge in [0.2, 0.25) is 0 Å². The van der Waals surface area contributed by atoms with E-state index in [4.69, 9.17) is 11.1 Å². The van der Waals surface area contributed by atoms with Crippen LogP contribution >= 0.6 is 0 Å². The molecule has 0 unspecified atom stereocenters. The van der Waals surface area contributed by atoms with Gasteiger partial charge in [0.05, 0.1) is 0 Å². The van der Waals surface area contributed by atoms with Crippen molar-refractivity contribution in [2.24, 2.45) is 0 Å². The molecule has 0 amide bonds. The lowest BCUT2D eigenvalue weighted by atomic mass is 10.4. The van der Waals surface area contributed by atoms with Crippen molar-refractivity contribution in [3.8, 4) is 0 Å². The number of sulfone groups is 2. The van der Waals surface area contributed by atoms with Gasteiger partial charge in [-0.1, -0.05) is 20.8 Å². The summed E-state index contributed by atoms with van der Waals surface area (Å²) in [4.78, 5) is 1.50. The Kier molecular flexibility index (Phi) is 7.46. The Morgan fingerprint density at radius 2 is 1.18 bits per heavy atom. The predicted octanol–water partition coefficient (Wildman–Crippen LogP) is 1.85. The van der Waals surface area contributed by atoms with Crippen LogP contribution < -0.4 is 0 Å². The molecule has 0 saturated heterocycles. The average molecular weight is 284 g/mol. The van der Waals surface area contributed by atoms with E-state index in [1.807, 2.05) is 0 Å². The lowest BCUT2D eigenvalue weighted by molar-refractivity contribution is 0.543. The van der Waals surface area contributed by atoms with Crippen LogP contribution in [0.15, 0.2) is 0 Å². The zero-order valence-corrected chi connectivity index (χ0v) is 12.0. The Morgan fingerprint density at radius 1 is 0.941 bits per heavy atom. The van der Waals surface area contributed by atoms with Gasteiger partial charge >= 0.3 is 0 Å². The zero-order valence-electron chi connectivity index (χ0n) is 10.4. The fourth-order valence-electron chi connectivity index (χ4n) is 1.24. The maximum atomic E-state index is 11.7. The topological polar surface area (TPSA) is 127 Å². The molecule has 0 aliphatic rings. The van der Waals surface area contributed by atoms with Gasteiger partial charge in [-0.2, -0.15) is 0 Å². The van der Waals surface area contributed by atoms with Crippen LogP contribution in [0.1, 0.15) is 34.1 Å². The molecule has 9 heteroatoms. The van der Waals surface area contributed by atoms with Crippen LogP contribution in [0.4, 0.5) is 0 Å². The van der Waals surface area contributed by atoms with Gasteiger partial charge in [-0.05, 0) is 13.3 Å². The number of nitrogens with zero attached hydrogens (tertiary/aromatic N) is 3. The van der Waals surface area contributed by atoms with Gasteiger partial charge in [-0.25, -0.2) is 16.8 Å². The fraction of sp³-hybridized carbons (Fsp3) is 1.00. The average Bonchev–Trinajstić information content (AvgIpc) is 2.28. The summed E-state index contributed by atoms with van der Waals surface area (Å²) >= 11 is 0. The Labute approximate surface area is 102 Å². The molecule has 0 aliphatic carbocycles. The van der Waals surface area contributed by atoms with Crippen LogP contribution in [0.5, 0.6) is 0 Å². The Hall–Kier alpha value is -0.790. The molecule has 0 aromatic heterocycles. The minimum atomic E-state index is -3.57. The van der Waals surface area contributed by atoms with Crippen molar-refractivity contribution in [2.45, 2.75) is 38.2 Å². The van der Waals surface area contributed by atoms with Gasteiger partial charge in [0.25, 0.3) is 0 Å². The van der Waals surface area contributed by atoms with E-state index in [1.54, 1.807) is 6.92 Å². The van der Waals surface area contributed by atoms with Crippen LogP contribution in [-0.2, 0) is 19.7 Å². The third-order valence-electron chi connectivity index (χ3n) is 2.72. The van der Waals surface area contributed by atoms with Gasteiger partial charge in [0, 0.05) is 11.5 Å². The molecule has 17 heavy (non-hydrogen) atoms. The number of rotatable bonds is 5. The highest BCUT2D eigenvalue weighted by molar-refractivity contribution is 8.10. The van der Waals surface area contributed by atoms with E-state index in [-0.39, 0.29) is 17.9 Å². The van der Waals surface area contributed by atoms with E-state index >= 15 is 0 Å². The van der Waals surface area contributed by atoms with Crippen LogP contribution in [0, 0.1) is 0 Å². The Bertz CT molecular complexity index is 427. The van der Waals surface area contributed by atoms with Crippen molar-refractivity contribution in [2.75, 3.05) is 11.5 Å². The maximum absolute atomic E-state index is 11.7. The highest BCUT2D eigenvalue weighted by Gasteiger charge is 2.47. The predicted molar refractivity (Wildman–Crippen MR) is 67.7 cm³/mol. The first-order valence-corrected chi connectivity index (χ1v) is 8.33. The van der Waals surface area contributed by atoms with Crippen molar-refractivity contribution in [1.82, 2.24) is 0 Å². The highest BCUT2D eigenvalue weighted by Crippen LogP contribution is 2.29. The van der Waals surface area contributed by atoms with Gasteiger partial charge in [0.1, 0.15) is 0 Å². The Morgan fingerprint density at radius 3 is 1.29 bits per heavy atom. The lowest BCUT2D eigenvalue weighted by Crippen LogP contribution is -2.44. The SMILES string of the molecule is CCC(C)(S(=O)(=O)CC)S(=O)(=O)CC.[N-]=[N+]=[N-]. The fourth-order valence-corrected chi connectivity index (χ4v) is 5.60. The number of hydrogen-bond donors (Lipinski definition) is 0. The summed E-state index contributed by atoms with van der Waals surface area (Å²) in [6, 6.07) is 0. The summed E-state index contributed by atoms with van der Waals surface area (Å²) in [5.41, 5.74) is 13.5. The van der Waals surface area contributed by atoms with Crippen molar-refractivity contribution in [3.05, 3.63) is 16.0 Å². The molecule has 0 aliphatic heterocycles. The smallest absolute Gasteiger partial charge is 0.170 e. The van der Waals surface area contributed by atoms with Gasteiger partial charge in [0.15, 0.2) is 23.8 Å². The molecule has 0 atom stereocenters. The second kappa shape index (κ2) is 6.83. The molecule has 0 saturated carbocycles. The second-order valence-corrected chi connectivity index (χ2v) is 9.06. The quantitative estimate of drug-likeness (QED) is 0.433. The van der Waals surface area contributed by atoms with Crippen molar-refractivity contribution >= 4 is 19.7 Å². The van der Waals surface area contributed by atoms with Crippen LogP contribution in [-0.4, -0.2) is 32.4 Å². The van der Waals surface area contributed by atoms with Crippen LogP contribution in [0.2, 0.25) is 0 Å². The van der Waals surface area contributed by atoms with Crippen molar-refractivity contribution in [1.29, 1.82) is 0 Å². The molecule has 0 spiro atoms.